The van der Waals surface area contributed by atoms with Gasteiger partial charge in [-0.15, -0.1) is 0 Å². The molecule has 0 N–H and O–H groups in total. The maximum absolute atomic E-state index is 11.8. The maximum Gasteiger partial charge on any atom is 0.339 e. The molecular formula is C13H12N2O2. The Morgan fingerprint density at radius 3 is 2.71 bits per heavy atom. The zero-order valence-electron chi connectivity index (χ0n) is 9.35. The number of piperidine rings is 1. The molecule has 3 rings (SSSR count). The molecule has 1 aromatic rings. The molecule has 1 spiro atoms. The van der Waals surface area contributed by atoms with Crippen LogP contribution in [0.15, 0.2) is 24.3 Å². The van der Waals surface area contributed by atoms with E-state index in [2.05, 4.69) is 6.19 Å². The van der Waals surface area contributed by atoms with Crippen molar-refractivity contribution in [3.05, 3.63) is 35.4 Å². The van der Waals surface area contributed by atoms with Crippen LogP contribution in [0, 0.1) is 11.5 Å². The zero-order chi connectivity index (χ0) is 11.9. The van der Waals surface area contributed by atoms with Gasteiger partial charge >= 0.3 is 5.97 Å². The van der Waals surface area contributed by atoms with Crippen molar-refractivity contribution in [1.29, 1.82) is 5.26 Å². The third-order valence-corrected chi connectivity index (χ3v) is 3.64. The van der Waals surface area contributed by atoms with Gasteiger partial charge in [0, 0.05) is 31.5 Å². The van der Waals surface area contributed by atoms with Gasteiger partial charge in [-0.2, -0.15) is 5.26 Å². The van der Waals surface area contributed by atoms with Gasteiger partial charge in [0.25, 0.3) is 0 Å². The average molecular weight is 228 g/mol. The minimum absolute atomic E-state index is 0.231. The van der Waals surface area contributed by atoms with Crippen LogP contribution in [0.1, 0.15) is 28.8 Å². The van der Waals surface area contributed by atoms with E-state index in [0.717, 1.165) is 5.56 Å². The molecule has 2 aliphatic rings. The third-order valence-electron chi connectivity index (χ3n) is 3.64. The van der Waals surface area contributed by atoms with Crippen LogP contribution >= 0.6 is 0 Å². The third kappa shape index (κ3) is 1.39. The zero-order valence-corrected chi connectivity index (χ0v) is 9.35. The number of hydrogen-bond donors (Lipinski definition) is 0. The number of rotatable bonds is 0. The standard InChI is InChI=1S/C13H12N2O2/c14-9-15-7-5-13(6-8-15)11-4-2-1-3-10(11)12(16)17-13/h1-4H,5-8H2. The summed E-state index contributed by atoms with van der Waals surface area (Å²) in [6, 6.07) is 7.55. The lowest BCUT2D eigenvalue weighted by molar-refractivity contribution is -0.0358. The highest BCUT2D eigenvalue weighted by Crippen LogP contribution is 2.43. The number of likely N-dealkylation sites (tertiary alicyclic amines) is 1. The number of benzene rings is 1. The lowest BCUT2D eigenvalue weighted by Crippen LogP contribution is -2.40. The molecule has 1 aromatic carbocycles. The fourth-order valence-electron chi connectivity index (χ4n) is 2.69. The Hall–Kier alpha value is -2.02. The summed E-state index contributed by atoms with van der Waals surface area (Å²) in [6.45, 7) is 1.30. The highest BCUT2D eigenvalue weighted by molar-refractivity contribution is 5.94. The number of nitrogens with zero attached hydrogens (tertiary/aromatic N) is 2. The Labute approximate surface area is 99.4 Å². The normalized spacial score (nSPS) is 20.9. The van der Waals surface area contributed by atoms with Crippen LogP contribution in [-0.4, -0.2) is 24.0 Å². The number of esters is 1. The lowest BCUT2D eigenvalue weighted by Gasteiger charge is -2.36. The van der Waals surface area contributed by atoms with Gasteiger partial charge in [0.15, 0.2) is 6.19 Å². The number of carbonyl (C=O) groups excluding carboxylic acids is 1. The fourth-order valence-corrected chi connectivity index (χ4v) is 2.69. The van der Waals surface area contributed by atoms with E-state index < -0.39 is 5.60 Å². The molecule has 0 unspecified atom stereocenters. The summed E-state index contributed by atoms with van der Waals surface area (Å²) in [5.74, 6) is -0.231. The molecule has 0 bridgehead atoms. The second-order valence-electron chi connectivity index (χ2n) is 4.52. The number of carbonyl (C=O) groups is 1. The highest BCUT2D eigenvalue weighted by Gasteiger charge is 2.46. The van der Waals surface area contributed by atoms with Gasteiger partial charge in [-0.1, -0.05) is 18.2 Å². The second-order valence-corrected chi connectivity index (χ2v) is 4.52. The van der Waals surface area contributed by atoms with E-state index in [1.165, 1.54) is 0 Å². The number of hydrogen-bond acceptors (Lipinski definition) is 4. The Balaban J connectivity index is 1.97. The minimum Gasteiger partial charge on any atom is -0.450 e. The van der Waals surface area contributed by atoms with E-state index >= 15 is 0 Å². The Morgan fingerprint density at radius 2 is 2.00 bits per heavy atom. The van der Waals surface area contributed by atoms with Crippen LogP contribution in [0.2, 0.25) is 0 Å². The van der Waals surface area contributed by atoms with Crippen molar-refractivity contribution < 1.29 is 9.53 Å². The van der Waals surface area contributed by atoms with E-state index in [-0.39, 0.29) is 5.97 Å². The molecule has 17 heavy (non-hydrogen) atoms. The molecule has 4 heteroatoms. The Kier molecular flexibility index (Phi) is 2.08. The highest BCUT2D eigenvalue weighted by atomic mass is 16.6. The summed E-state index contributed by atoms with van der Waals surface area (Å²) in [7, 11) is 0. The van der Waals surface area contributed by atoms with Crippen LogP contribution in [-0.2, 0) is 10.3 Å². The molecule has 1 fully saturated rings. The van der Waals surface area contributed by atoms with Crippen molar-refractivity contribution >= 4 is 5.97 Å². The predicted octanol–water partition coefficient (Wildman–Crippen LogP) is 1.63. The van der Waals surface area contributed by atoms with Crippen LogP contribution in [0.3, 0.4) is 0 Å². The van der Waals surface area contributed by atoms with E-state index in [1.807, 2.05) is 24.3 Å². The summed E-state index contributed by atoms with van der Waals surface area (Å²) in [6.07, 6.45) is 3.53. The molecule has 0 aliphatic carbocycles. The predicted molar refractivity (Wildman–Crippen MR) is 60.0 cm³/mol. The van der Waals surface area contributed by atoms with Crippen molar-refractivity contribution in [2.24, 2.45) is 0 Å². The molecule has 0 radical (unpaired) electrons. The summed E-state index contributed by atoms with van der Waals surface area (Å²) in [5, 5.41) is 8.84. The SMILES string of the molecule is N#CN1CCC2(CC1)OC(=O)c1ccccc12. The molecule has 2 aliphatic heterocycles. The molecule has 2 heterocycles. The van der Waals surface area contributed by atoms with E-state index in [4.69, 9.17) is 10.00 Å². The van der Waals surface area contributed by atoms with Crippen molar-refractivity contribution in [3.63, 3.8) is 0 Å². The van der Waals surface area contributed by atoms with Crippen molar-refractivity contribution in [2.75, 3.05) is 13.1 Å². The van der Waals surface area contributed by atoms with Gasteiger partial charge in [-0.3, -0.25) is 0 Å². The fraction of sp³-hybridized carbons (Fsp3) is 0.385. The number of fused-ring (bicyclic) bond motifs is 2. The topological polar surface area (TPSA) is 53.3 Å². The molecule has 0 atom stereocenters. The van der Waals surface area contributed by atoms with Crippen molar-refractivity contribution in [3.8, 4) is 6.19 Å². The van der Waals surface area contributed by atoms with Gasteiger partial charge < -0.3 is 9.64 Å². The second kappa shape index (κ2) is 3.49. The van der Waals surface area contributed by atoms with Gasteiger partial charge in [-0.05, 0) is 6.07 Å². The summed E-state index contributed by atoms with van der Waals surface area (Å²) in [5.41, 5.74) is 1.18. The van der Waals surface area contributed by atoms with Gasteiger partial charge in [-0.25, -0.2) is 4.79 Å². The van der Waals surface area contributed by atoms with Crippen molar-refractivity contribution in [2.45, 2.75) is 18.4 Å². The first-order chi connectivity index (χ1) is 8.25. The maximum atomic E-state index is 11.8. The van der Waals surface area contributed by atoms with Crippen LogP contribution in [0.5, 0.6) is 0 Å². The molecule has 0 aromatic heterocycles. The minimum atomic E-state index is -0.485. The number of ether oxygens (including phenoxy) is 1. The van der Waals surface area contributed by atoms with E-state index in [9.17, 15) is 4.79 Å². The Morgan fingerprint density at radius 1 is 1.29 bits per heavy atom. The molecule has 4 nitrogen and oxygen atoms in total. The van der Waals surface area contributed by atoms with Crippen molar-refractivity contribution in [1.82, 2.24) is 4.90 Å². The molecule has 86 valence electrons. The molecular weight excluding hydrogens is 216 g/mol. The van der Waals surface area contributed by atoms with Crippen LogP contribution in [0.25, 0.3) is 0 Å². The first-order valence-corrected chi connectivity index (χ1v) is 5.73. The molecule has 0 saturated carbocycles. The summed E-state index contributed by atoms with van der Waals surface area (Å²) < 4.78 is 5.58. The average Bonchev–Trinajstić information content (AvgIpc) is 2.65. The van der Waals surface area contributed by atoms with Gasteiger partial charge in [0.2, 0.25) is 0 Å². The van der Waals surface area contributed by atoms with Gasteiger partial charge in [0.05, 0.1) is 5.56 Å². The van der Waals surface area contributed by atoms with E-state index in [0.29, 0.717) is 31.5 Å². The molecule has 1 saturated heterocycles. The summed E-state index contributed by atoms with van der Waals surface area (Å²) >= 11 is 0. The Bertz CT molecular complexity index is 510. The molecule has 0 amide bonds. The van der Waals surface area contributed by atoms with E-state index in [1.54, 1.807) is 4.90 Å². The first-order valence-electron chi connectivity index (χ1n) is 5.73. The van der Waals surface area contributed by atoms with Gasteiger partial charge in [0.1, 0.15) is 5.60 Å². The smallest absolute Gasteiger partial charge is 0.339 e. The first kappa shape index (κ1) is 10.2. The van der Waals surface area contributed by atoms with Crippen LogP contribution < -0.4 is 0 Å². The lowest BCUT2D eigenvalue weighted by atomic mass is 9.84. The quantitative estimate of drug-likeness (QED) is 0.500. The monoisotopic (exact) mass is 228 g/mol. The largest absolute Gasteiger partial charge is 0.450 e. The summed E-state index contributed by atoms with van der Waals surface area (Å²) in [4.78, 5) is 13.5. The number of nitriles is 1. The van der Waals surface area contributed by atoms with Crippen LogP contribution in [0.4, 0.5) is 0 Å².